The van der Waals surface area contributed by atoms with Gasteiger partial charge in [-0.1, -0.05) is 214 Å². The summed E-state index contributed by atoms with van der Waals surface area (Å²) in [5.74, 6) is -0.975. The molecule has 0 aromatic heterocycles. The van der Waals surface area contributed by atoms with Crippen molar-refractivity contribution in [3.63, 3.8) is 0 Å². The number of hydrogen-bond donors (Lipinski definition) is 0. The highest BCUT2D eigenvalue weighted by molar-refractivity contribution is 5.71. The van der Waals surface area contributed by atoms with E-state index in [0.29, 0.717) is 19.3 Å². The second-order valence-corrected chi connectivity index (χ2v) is 16.7. The van der Waals surface area contributed by atoms with E-state index >= 15 is 0 Å². The van der Waals surface area contributed by atoms with Crippen molar-refractivity contribution in [2.45, 2.75) is 232 Å². The van der Waals surface area contributed by atoms with Crippen molar-refractivity contribution in [3.8, 4) is 0 Å². The van der Waals surface area contributed by atoms with E-state index in [4.69, 9.17) is 14.2 Å². The molecule has 0 bridgehead atoms. The van der Waals surface area contributed by atoms with E-state index in [9.17, 15) is 14.4 Å². The molecule has 0 aliphatic heterocycles. The molecule has 0 aromatic carbocycles. The third-order valence-electron chi connectivity index (χ3n) is 10.6. The highest BCUT2D eigenvalue weighted by atomic mass is 16.6. The molecular formula is C57H94O6. The Morgan fingerprint density at radius 1 is 0.333 bits per heavy atom. The van der Waals surface area contributed by atoms with Crippen LogP contribution in [0, 0.1) is 0 Å². The van der Waals surface area contributed by atoms with Gasteiger partial charge in [0.15, 0.2) is 6.10 Å². The Hall–Kier alpha value is -3.67. The highest BCUT2D eigenvalue weighted by Crippen LogP contribution is 2.14. The van der Waals surface area contributed by atoms with Crippen molar-refractivity contribution in [1.29, 1.82) is 0 Å². The second-order valence-electron chi connectivity index (χ2n) is 16.7. The maximum atomic E-state index is 12.8. The minimum atomic E-state index is -0.801. The normalized spacial score (nSPS) is 12.9. The molecule has 0 heterocycles. The molecule has 0 fully saturated rings. The van der Waals surface area contributed by atoms with Gasteiger partial charge in [0, 0.05) is 19.3 Å². The highest BCUT2D eigenvalue weighted by Gasteiger charge is 2.19. The molecule has 0 aromatic rings. The summed E-state index contributed by atoms with van der Waals surface area (Å²) in [4.78, 5) is 37.8. The van der Waals surface area contributed by atoms with Crippen molar-refractivity contribution in [2.24, 2.45) is 0 Å². The topological polar surface area (TPSA) is 78.9 Å². The summed E-state index contributed by atoms with van der Waals surface area (Å²) in [5, 5.41) is 0. The zero-order valence-corrected chi connectivity index (χ0v) is 40.8. The van der Waals surface area contributed by atoms with Crippen LogP contribution in [0.4, 0.5) is 0 Å². The van der Waals surface area contributed by atoms with Crippen LogP contribution >= 0.6 is 0 Å². The van der Waals surface area contributed by atoms with Crippen LogP contribution in [0.2, 0.25) is 0 Å². The van der Waals surface area contributed by atoms with E-state index in [1.54, 1.807) is 0 Å². The van der Waals surface area contributed by atoms with Crippen molar-refractivity contribution < 1.29 is 28.6 Å². The standard InChI is InChI=1S/C57H94O6/c1-4-7-10-13-16-19-22-24-25-26-27-28-29-30-31-32-33-34-36-38-41-44-47-50-56(59)62-53-54(52-61-55(58)49-46-43-40-37-21-18-15-12-9-6-3)63-57(60)51-48-45-42-39-35-23-20-17-14-11-8-5-2/h7,10,12,15-16,19,24-25,27-28,30-31,33-34,38,41,54H,4-6,8-9,11,13-14,17-18,20-23,26,29,32,35-37,39-40,42-53H2,1-3H3/b10-7-,15-12-,19-16-,25-24-,28-27-,31-30-,34-33-,41-38-. The van der Waals surface area contributed by atoms with Gasteiger partial charge in [-0.2, -0.15) is 0 Å². The molecule has 0 spiro atoms. The summed E-state index contributed by atoms with van der Waals surface area (Å²) in [7, 11) is 0. The number of allylic oxidation sites excluding steroid dienone is 16. The van der Waals surface area contributed by atoms with E-state index in [0.717, 1.165) is 109 Å². The molecular weight excluding hydrogens is 781 g/mol. The predicted octanol–water partition coefficient (Wildman–Crippen LogP) is 17.0. The van der Waals surface area contributed by atoms with E-state index < -0.39 is 6.10 Å². The Balaban J connectivity index is 4.42. The van der Waals surface area contributed by atoms with Gasteiger partial charge in [0.25, 0.3) is 0 Å². The maximum Gasteiger partial charge on any atom is 0.306 e. The predicted molar refractivity (Wildman–Crippen MR) is 270 cm³/mol. The zero-order valence-electron chi connectivity index (χ0n) is 40.8. The average molecular weight is 875 g/mol. The molecule has 63 heavy (non-hydrogen) atoms. The molecule has 6 heteroatoms. The summed E-state index contributed by atoms with van der Waals surface area (Å²) in [6.07, 6.45) is 66.9. The Labute approximate surface area is 387 Å². The lowest BCUT2D eigenvalue weighted by atomic mass is 10.0. The van der Waals surface area contributed by atoms with Gasteiger partial charge in [-0.25, -0.2) is 0 Å². The van der Waals surface area contributed by atoms with Crippen LogP contribution in [-0.2, 0) is 28.6 Å². The van der Waals surface area contributed by atoms with Gasteiger partial charge in [0.05, 0.1) is 0 Å². The van der Waals surface area contributed by atoms with Crippen LogP contribution in [0.15, 0.2) is 97.2 Å². The van der Waals surface area contributed by atoms with Gasteiger partial charge in [-0.05, 0) is 89.9 Å². The number of carbonyl (C=O) groups is 3. The average Bonchev–Trinajstić information content (AvgIpc) is 3.28. The zero-order chi connectivity index (χ0) is 45.8. The lowest BCUT2D eigenvalue weighted by molar-refractivity contribution is -0.167. The summed E-state index contributed by atoms with van der Waals surface area (Å²) in [5.41, 5.74) is 0. The Kier molecular flexibility index (Phi) is 48.0. The molecule has 6 nitrogen and oxygen atoms in total. The largest absolute Gasteiger partial charge is 0.462 e. The number of unbranched alkanes of at least 4 members (excludes halogenated alkanes) is 18. The molecule has 0 amide bonds. The van der Waals surface area contributed by atoms with Crippen LogP contribution in [-0.4, -0.2) is 37.2 Å². The minimum absolute atomic E-state index is 0.0995. The smallest absolute Gasteiger partial charge is 0.306 e. The molecule has 0 aliphatic carbocycles. The summed E-state index contributed by atoms with van der Waals surface area (Å²) < 4.78 is 16.7. The van der Waals surface area contributed by atoms with E-state index in [1.165, 1.54) is 70.6 Å². The maximum absolute atomic E-state index is 12.8. The summed E-state index contributed by atoms with van der Waals surface area (Å²) in [6, 6.07) is 0. The van der Waals surface area contributed by atoms with Crippen LogP contribution in [0.5, 0.6) is 0 Å². The van der Waals surface area contributed by atoms with Gasteiger partial charge < -0.3 is 14.2 Å². The number of carbonyl (C=O) groups excluding carboxylic acids is 3. The number of esters is 3. The van der Waals surface area contributed by atoms with Crippen molar-refractivity contribution in [1.82, 2.24) is 0 Å². The fraction of sp³-hybridized carbons (Fsp3) is 0.667. The lowest BCUT2D eigenvalue weighted by Crippen LogP contribution is -2.30. The molecule has 0 saturated carbocycles. The van der Waals surface area contributed by atoms with Crippen LogP contribution in [0.25, 0.3) is 0 Å². The van der Waals surface area contributed by atoms with Crippen LogP contribution in [0.1, 0.15) is 226 Å². The van der Waals surface area contributed by atoms with Gasteiger partial charge in [0.1, 0.15) is 13.2 Å². The molecule has 0 N–H and O–H groups in total. The monoisotopic (exact) mass is 875 g/mol. The second kappa shape index (κ2) is 51.0. The first-order valence-electron chi connectivity index (χ1n) is 25.7. The molecule has 0 rings (SSSR count). The third kappa shape index (κ3) is 49.2. The fourth-order valence-electron chi connectivity index (χ4n) is 6.73. The first kappa shape index (κ1) is 59.3. The van der Waals surface area contributed by atoms with Gasteiger partial charge in [-0.15, -0.1) is 0 Å². The molecule has 1 atom stereocenters. The Morgan fingerprint density at radius 2 is 0.667 bits per heavy atom. The SMILES string of the molecule is CC/C=C\C/C=C\C/C=C\C/C=C\C/C=C\C/C=C\C/C=C\CCCC(=O)OCC(COC(=O)CCCCCCC/C=C\CCC)OC(=O)CCCCCCCCCCCCCC. The van der Waals surface area contributed by atoms with Gasteiger partial charge >= 0.3 is 17.9 Å². The number of hydrogen-bond acceptors (Lipinski definition) is 6. The third-order valence-corrected chi connectivity index (χ3v) is 10.6. The van der Waals surface area contributed by atoms with E-state index in [-0.39, 0.29) is 37.5 Å². The number of ether oxygens (including phenoxy) is 3. The molecule has 1 unspecified atom stereocenters. The number of rotatable bonds is 45. The van der Waals surface area contributed by atoms with Crippen molar-refractivity contribution >= 4 is 17.9 Å². The minimum Gasteiger partial charge on any atom is -0.462 e. The van der Waals surface area contributed by atoms with Crippen molar-refractivity contribution in [2.75, 3.05) is 13.2 Å². The van der Waals surface area contributed by atoms with Crippen LogP contribution < -0.4 is 0 Å². The van der Waals surface area contributed by atoms with Gasteiger partial charge in [0.2, 0.25) is 0 Å². The van der Waals surface area contributed by atoms with Crippen molar-refractivity contribution in [3.05, 3.63) is 97.2 Å². The lowest BCUT2D eigenvalue weighted by Gasteiger charge is -2.18. The first-order chi connectivity index (χ1) is 31.0. The quantitative estimate of drug-likeness (QED) is 0.0262. The summed E-state index contributed by atoms with van der Waals surface area (Å²) >= 11 is 0. The fourth-order valence-corrected chi connectivity index (χ4v) is 6.73. The summed E-state index contributed by atoms with van der Waals surface area (Å²) in [6.45, 7) is 6.39. The Bertz CT molecular complexity index is 1280. The Morgan fingerprint density at radius 3 is 1.11 bits per heavy atom. The van der Waals surface area contributed by atoms with E-state index in [1.807, 2.05) is 0 Å². The molecule has 0 aliphatic rings. The van der Waals surface area contributed by atoms with E-state index in [2.05, 4.69) is 118 Å². The molecule has 0 saturated heterocycles. The van der Waals surface area contributed by atoms with Crippen LogP contribution in [0.3, 0.4) is 0 Å². The molecule has 358 valence electrons. The van der Waals surface area contributed by atoms with Gasteiger partial charge in [-0.3, -0.25) is 14.4 Å². The first-order valence-corrected chi connectivity index (χ1v) is 25.7. The molecule has 0 radical (unpaired) electrons.